The number of benzene rings is 2. The SMILES string of the molecule is CC(C1CC1)N(Cc1ccccc1)C(=O)Cc1c[nH]c2ccccc12. The first-order valence-electron chi connectivity index (χ1n) is 9.11. The van der Waals surface area contributed by atoms with Crippen molar-refractivity contribution in [2.45, 2.75) is 38.8 Å². The van der Waals surface area contributed by atoms with Crippen LogP contribution in [0.5, 0.6) is 0 Å². The molecule has 1 aliphatic carbocycles. The van der Waals surface area contributed by atoms with E-state index in [1.165, 1.54) is 18.4 Å². The second kappa shape index (κ2) is 6.75. The van der Waals surface area contributed by atoms with Crippen LogP contribution in [0, 0.1) is 5.92 Å². The van der Waals surface area contributed by atoms with Crippen LogP contribution in [0.15, 0.2) is 60.8 Å². The molecule has 1 aromatic heterocycles. The third-order valence-corrected chi connectivity index (χ3v) is 5.33. The first-order valence-corrected chi connectivity index (χ1v) is 9.11. The summed E-state index contributed by atoms with van der Waals surface area (Å²) in [6, 6.07) is 18.8. The molecule has 1 atom stereocenters. The lowest BCUT2D eigenvalue weighted by atomic mass is 10.1. The Balaban J connectivity index is 1.56. The highest BCUT2D eigenvalue weighted by Gasteiger charge is 2.34. The molecule has 1 aliphatic rings. The van der Waals surface area contributed by atoms with Crippen molar-refractivity contribution in [1.29, 1.82) is 0 Å². The van der Waals surface area contributed by atoms with E-state index in [1.54, 1.807) is 0 Å². The predicted octanol–water partition coefficient (Wildman–Crippen LogP) is 4.54. The minimum atomic E-state index is 0.216. The van der Waals surface area contributed by atoms with Crippen LogP contribution in [0.25, 0.3) is 10.9 Å². The van der Waals surface area contributed by atoms with Gasteiger partial charge < -0.3 is 9.88 Å². The fourth-order valence-corrected chi connectivity index (χ4v) is 3.61. The topological polar surface area (TPSA) is 36.1 Å². The lowest BCUT2D eigenvalue weighted by Crippen LogP contribution is -2.40. The summed E-state index contributed by atoms with van der Waals surface area (Å²) in [5.74, 6) is 0.878. The number of aromatic nitrogens is 1. The fourth-order valence-electron chi connectivity index (χ4n) is 3.61. The molecule has 1 amide bonds. The van der Waals surface area contributed by atoms with Gasteiger partial charge in [0.15, 0.2) is 0 Å². The number of nitrogens with one attached hydrogen (secondary N) is 1. The van der Waals surface area contributed by atoms with Crippen molar-refractivity contribution in [3.63, 3.8) is 0 Å². The lowest BCUT2D eigenvalue weighted by Gasteiger charge is -2.30. The zero-order valence-electron chi connectivity index (χ0n) is 14.6. The number of para-hydroxylation sites is 1. The summed E-state index contributed by atoms with van der Waals surface area (Å²) in [7, 11) is 0. The maximum atomic E-state index is 13.1. The van der Waals surface area contributed by atoms with Gasteiger partial charge in [0.05, 0.1) is 6.42 Å². The summed E-state index contributed by atoms with van der Waals surface area (Å²) in [6.45, 7) is 2.90. The van der Waals surface area contributed by atoms with Gasteiger partial charge in [-0.05, 0) is 42.9 Å². The van der Waals surface area contributed by atoms with Crippen LogP contribution in [0.2, 0.25) is 0 Å². The molecule has 0 radical (unpaired) electrons. The maximum absolute atomic E-state index is 13.1. The van der Waals surface area contributed by atoms with Crippen molar-refractivity contribution < 1.29 is 4.79 Å². The van der Waals surface area contributed by atoms with Gasteiger partial charge in [0.1, 0.15) is 0 Å². The number of hydrogen-bond donors (Lipinski definition) is 1. The highest BCUT2D eigenvalue weighted by Crippen LogP contribution is 2.36. The van der Waals surface area contributed by atoms with E-state index in [9.17, 15) is 4.79 Å². The van der Waals surface area contributed by atoms with Crippen molar-refractivity contribution in [2.75, 3.05) is 0 Å². The van der Waals surface area contributed by atoms with Crippen LogP contribution < -0.4 is 0 Å². The normalized spacial score (nSPS) is 15.2. The number of amides is 1. The number of carbonyl (C=O) groups excluding carboxylic acids is 1. The van der Waals surface area contributed by atoms with Crippen LogP contribution in [0.4, 0.5) is 0 Å². The van der Waals surface area contributed by atoms with Gasteiger partial charge in [-0.15, -0.1) is 0 Å². The summed E-state index contributed by atoms with van der Waals surface area (Å²) < 4.78 is 0. The van der Waals surface area contributed by atoms with Gasteiger partial charge in [0, 0.05) is 29.7 Å². The Morgan fingerprint density at radius 3 is 2.60 bits per heavy atom. The van der Waals surface area contributed by atoms with Gasteiger partial charge >= 0.3 is 0 Å². The van der Waals surface area contributed by atoms with Crippen molar-refractivity contribution in [3.05, 3.63) is 71.9 Å². The van der Waals surface area contributed by atoms with Crippen LogP contribution in [0.1, 0.15) is 30.9 Å². The zero-order valence-corrected chi connectivity index (χ0v) is 14.6. The molecule has 4 rings (SSSR count). The summed E-state index contributed by atoms with van der Waals surface area (Å²) >= 11 is 0. The molecule has 2 aromatic carbocycles. The van der Waals surface area contributed by atoms with Crippen molar-refractivity contribution in [3.8, 4) is 0 Å². The molecule has 1 saturated carbocycles. The second-order valence-corrected chi connectivity index (χ2v) is 7.12. The molecule has 3 nitrogen and oxygen atoms in total. The zero-order chi connectivity index (χ0) is 17.2. The third kappa shape index (κ3) is 3.46. The molecular formula is C22H24N2O. The van der Waals surface area contributed by atoms with E-state index in [0.717, 1.165) is 16.5 Å². The fraction of sp³-hybridized carbons (Fsp3) is 0.318. The number of carbonyl (C=O) groups is 1. The van der Waals surface area contributed by atoms with E-state index in [4.69, 9.17) is 0 Å². The Bertz CT molecular complexity index is 864. The Morgan fingerprint density at radius 1 is 1.12 bits per heavy atom. The standard InChI is InChI=1S/C22H24N2O/c1-16(18-11-12-18)24(15-17-7-3-2-4-8-17)22(25)13-19-14-23-21-10-6-5-9-20(19)21/h2-10,14,16,18,23H,11-13,15H2,1H3. The minimum absolute atomic E-state index is 0.216. The van der Waals surface area contributed by atoms with E-state index in [2.05, 4.69) is 41.1 Å². The Morgan fingerprint density at radius 2 is 1.84 bits per heavy atom. The number of rotatable bonds is 6. The lowest BCUT2D eigenvalue weighted by molar-refractivity contribution is -0.133. The average molecular weight is 332 g/mol. The Hall–Kier alpha value is -2.55. The van der Waals surface area contributed by atoms with Gasteiger partial charge in [-0.3, -0.25) is 4.79 Å². The van der Waals surface area contributed by atoms with Crippen LogP contribution in [-0.4, -0.2) is 21.8 Å². The minimum Gasteiger partial charge on any atom is -0.361 e. The van der Waals surface area contributed by atoms with E-state index < -0.39 is 0 Å². The van der Waals surface area contributed by atoms with E-state index in [0.29, 0.717) is 24.9 Å². The van der Waals surface area contributed by atoms with Crippen LogP contribution in [0.3, 0.4) is 0 Å². The molecule has 128 valence electrons. The molecule has 0 bridgehead atoms. The number of aromatic amines is 1. The summed E-state index contributed by atoms with van der Waals surface area (Å²) in [5, 5.41) is 1.15. The van der Waals surface area contributed by atoms with E-state index in [-0.39, 0.29) is 5.91 Å². The van der Waals surface area contributed by atoms with Gasteiger partial charge in [-0.2, -0.15) is 0 Å². The van der Waals surface area contributed by atoms with Crippen LogP contribution >= 0.6 is 0 Å². The maximum Gasteiger partial charge on any atom is 0.227 e. The number of hydrogen-bond acceptors (Lipinski definition) is 1. The molecule has 0 aliphatic heterocycles. The molecular weight excluding hydrogens is 308 g/mol. The van der Waals surface area contributed by atoms with E-state index >= 15 is 0 Å². The molecule has 25 heavy (non-hydrogen) atoms. The van der Waals surface area contributed by atoms with Gasteiger partial charge in [-0.25, -0.2) is 0 Å². The summed E-state index contributed by atoms with van der Waals surface area (Å²) in [6.07, 6.45) is 4.92. The highest BCUT2D eigenvalue weighted by atomic mass is 16.2. The summed E-state index contributed by atoms with van der Waals surface area (Å²) in [4.78, 5) is 18.5. The molecule has 3 heteroatoms. The third-order valence-electron chi connectivity index (χ3n) is 5.33. The second-order valence-electron chi connectivity index (χ2n) is 7.12. The van der Waals surface area contributed by atoms with Crippen LogP contribution in [-0.2, 0) is 17.8 Å². The molecule has 0 saturated heterocycles. The average Bonchev–Trinajstić information content (AvgIpc) is 3.42. The molecule has 1 fully saturated rings. The molecule has 1 heterocycles. The molecule has 0 spiro atoms. The first-order chi connectivity index (χ1) is 12.2. The van der Waals surface area contributed by atoms with E-state index in [1.807, 2.05) is 36.5 Å². The number of nitrogens with zero attached hydrogens (tertiary/aromatic N) is 1. The molecule has 3 aromatic rings. The van der Waals surface area contributed by atoms with Crippen molar-refractivity contribution in [1.82, 2.24) is 9.88 Å². The molecule has 1 unspecified atom stereocenters. The van der Waals surface area contributed by atoms with Crippen molar-refractivity contribution in [2.24, 2.45) is 5.92 Å². The van der Waals surface area contributed by atoms with Crippen molar-refractivity contribution >= 4 is 16.8 Å². The molecule has 1 N–H and O–H groups in total. The quantitative estimate of drug-likeness (QED) is 0.707. The number of H-pyrrole nitrogens is 1. The number of fused-ring (bicyclic) bond motifs is 1. The monoisotopic (exact) mass is 332 g/mol. The smallest absolute Gasteiger partial charge is 0.227 e. The Kier molecular flexibility index (Phi) is 4.31. The van der Waals surface area contributed by atoms with Gasteiger partial charge in [0.2, 0.25) is 5.91 Å². The summed E-state index contributed by atoms with van der Waals surface area (Å²) in [5.41, 5.74) is 3.37. The predicted molar refractivity (Wildman–Crippen MR) is 101 cm³/mol. The Labute approximate surface area is 148 Å². The van der Waals surface area contributed by atoms with Gasteiger partial charge in [-0.1, -0.05) is 48.5 Å². The van der Waals surface area contributed by atoms with Gasteiger partial charge in [0.25, 0.3) is 0 Å². The highest BCUT2D eigenvalue weighted by molar-refractivity contribution is 5.89. The first kappa shape index (κ1) is 15.9. The largest absolute Gasteiger partial charge is 0.361 e.